The quantitative estimate of drug-likeness (QED) is 0.825. The maximum Gasteiger partial charge on any atom is 0.161 e. The first kappa shape index (κ1) is 12.4. The molecule has 1 fully saturated rings. The lowest BCUT2D eigenvalue weighted by Gasteiger charge is -2.23. The third-order valence-corrected chi connectivity index (χ3v) is 5.46. The van der Waals surface area contributed by atoms with E-state index in [9.17, 15) is 0 Å². The Morgan fingerprint density at radius 1 is 1.39 bits per heavy atom. The molecule has 2 aliphatic rings. The molecule has 1 heterocycles. The Bertz CT molecular complexity index is 459. The van der Waals surface area contributed by atoms with Gasteiger partial charge < -0.3 is 5.32 Å². The molecule has 2 atom stereocenters. The fraction of sp³-hybridized carbons (Fsp3) is 0.500. The highest BCUT2D eigenvalue weighted by molar-refractivity contribution is 8.14. The van der Waals surface area contributed by atoms with E-state index >= 15 is 0 Å². The average molecular weight is 278 g/mol. The van der Waals surface area contributed by atoms with Crippen molar-refractivity contribution in [2.45, 2.75) is 30.2 Å². The van der Waals surface area contributed by atoms with Gasteiger partial charge in [-0.1, -0.05) is 24.2 Å². The van der Waals surface area contributed by atoms with Crippen LogP contribution < -0.4 is 5.32 Å². The Hall–Kier alpha value is -0.610. The zero-order valence-corrected chi connectivity index (χ0v) is 12.2. The van der Waals surface area contributed by atoms with Crippen LogP contribution in [0.3, 0.4) is 0 Å². The maximum absolute atomic E-state index is 4.86. The van der Waals surface area contributed by atoms with Gasteiger partial charge in [-0.2, -0.15) is 0 Å². The lowest BCUT2D eigenvalue weighted by molar-refractivity contribution is 0.535. The van der Waals surface area contributed by atoms with Crippen LogP contribution >= 0.6 is 23.5 Å². The van der Waals surface area contributed by atoms with Crippen LogP contribution in [0, 0.1) is 5.92 Å². The van der Waals surface area contributed by atoms with Crippen molar-refractivity contribution in [1.82, 2.24) is 0 Å². The molecule has 1 aromatic carbocycles. The number of amidine groups is 1. The predicted molar refractivity (Wildman–Crippen MR) is 82.9 cm³/mol. The van der Waals surface area contributed by atoms with Gasteiger partial charge in [-0.15, -0.1) is 11.8 Å². The molecule has 1 aromatic rings. The van der Waals surface area contributed by atoms with Gasteiger partial charge in [-0.3, -0.25) is 4.99 Å². The highest BCUT2D eigenvalue weighted by atomic mass is 32.2. The van der Waals surface area contributed by atoms with Crippen molar-refractivity contribution < 1.29 is 0 Å². The second kappa shape index (κ2) is 5.57. The molecular weight excluding hydrogens is 260 g/mol. The lowest BCUT2D eigenvalue weighted by atomic mass is 10.1. The molecule has 4 heteroatoms. The summed E-state index contributed by atoms with van der Waals surface area (Å²) >= 11 is 3.65. The number of hydrogen-bond acceptors (Lipinski definition) is 4. The van der Waals surface area contributed by atoms with Gasteiger partial charge in [0.2, 0.25) is 0 Å². The number of rotatable bonds is 2. The summed E-state index contributed by atoms with van der Waals surface area (Å²) in [5.41, 5.74) is 1.16. The molecule has 18 heavy (non-hydrogen) atoms. The van der Waals surface area contributed by atoms with E-state index < -0.39 is 0 Å². The van der Waals surface area contributed by atoms with E-state index in [-0.39, 0.29) is 0 Å². The van der Waals surface area contributed by atoms with E-state index in [0.717, 1.165) is 16.8 Å². The smallest absolute Gasteiger partial charge is 0.161 e. The van der Waals surface area contributed by atoms with Crippen molar-refractivity contribution in [1.29, 1.82) is 0 Å². The molecular formula is C14H18N2S2. The van der Waals surface area contributed by atoms with Crippen LogP contribution in [-0.2, 0) is 0 Å². The molecule has 3 rings (SSSR count). The van der Waals surface area contributed by atoms with Gasteiger partial charge in [-0.25, -0.2) is 0 Å². The number of nitrogens with one attached hydrogen (secondary N) is 1. The van der Waals surface area contributed by atoms with Crippen molar-refractivity contribution in [3.05, 3.63) is 24.3 Å². The minimum Gasteiger partial charge on any atom is -0.335 e. The van der Waals surface area contributed by atoms with Crippen LogP contribution in [0.25, 0.3) is 0 Å². The third-order valence-electron chi connectivity index (χ3n) is 3.66. The summed E-state index contributed by atoms with van der Waals surface area (Å²) in [5, 5.41) is 4.58. The number of anilines is 1. The minimum absolute atomic E-state index is 0.581. The molecule has 2 nitrogen and oxygen atoms in total. The summed E-state index contributed by atoms with van der Waals surface area (Å²) in [5.74, 6) is 2.07. The van der Waals surface area contributed by atoms with Gasteiger partial charge in [0.15, 0.2) is 5.17 Å². The Kier molecular flexibility index (Phi) is 3.85. The molecule has 1 aliphatic carbocycles. The number of benzene rings is 1. The average Bonchev–Trinajstić information content (AvgIpc) is 2.86. The topological polar surface area (TPSA) is 24.4 Å². The van der Waals surface area contributed by atoms with Crippen LogP contribution in [-0.4, -0.2) is 23.2 Å². The summed E-state index contributed by atoms with van der Waals surface area (Å²) in [7, 11) is 0. The zero-order chi connectivity index (χ0) is 12.4. The van der Waals surface area contributed by atoms with E-state index in [1.54, 1.807) is 11.8 Å². The van der Waals surface area contributed by atoms with E-state index in [1.807, 2.05) is 11.8 Å². The fourth-order valence-corrected chi connectivity index (χ4v) is 4.27. The second-order valence-corrected chi connectivity index (χ2v) is 6.75. The SMILES string of the molecule is CSc1cccc(NC2=NC3CCCC3CS2)c1. The molecule has 0 spiro atoms. The number of hydrogen-bond donors (Lipinski definition) is 1. The van der Waals surface area contributed by atoms with Gasteiger partial charge in [0.05, 0.1) is 6.04 Å². The molecule has 96 valence electrons. The number of thioether (sulfide) groups is 2. The van der Waals surface area contributed by atoms with Crippen molar-refractivity contribution in [3.8, 4) is 0 Å². The molecule has 0 aromatic heterocycles. The van der Waals surface area contributed by atoms with Crippen LogP contribution in [0.5, 0.6) is 0 Å². The number of aliphatic imine (C=N–C) groups is 1. The van der Waals surface area contributed by atoms with Crippen molar-refractivity contribution in [2.24, 2.45) is 10.9 Å². The monoisotopic (exact) mass is 278 g/mol. The van der Waals surface area contributed by atoms with Crippen LogP contribution in [0.1, 0.15) is 19.3 Å². The van der Waals surface area contributed by atoms with Crippen LogP contribution in [0.2, 0.25) is 0 Å². The maximum atomic E-state index is 4.86. The number of fused-ring (bicyclic) bond motifs is 1. The summed E-state index contributed by atoms with van der Waals surface area (Å²) in [6.07, 6.45) is 6.11. The highest BCUT2D eigenvalue weighted by Crippen LogP contribution is 2.35. The Balaban J connectivity index is 1.72. The first-order valence-electron chi connectivity index (χ1n) is 6.47. The van der Waals surface area contributed by atoms with Gasteiger partial charge in [0.1, 0.15) is 0 Å². The van der Waals surface area contributed by atoms with Gasteiger partial charge in [-0.05, 0) is 43.2 Å². The summed E-state index contributed by atoms with van der Waals surface area (Å²) in [6, 6.07) is 9.12. The van der Waals surface area contributed by atoms with Crippen molar-refractivity contribution in [3.63, 3.8) is 0 Å². The Morgan fingerprint density at radius 3 is 3.22 bits per heavy atom. The van der Waals surface area contributed by atoms with Gasteiger partial charge >= 0.3 is 0 Å². The molecule has 1 saturated carbocycles. The van der Waals surface area contributed by atoms with Crippen LogP contribution in [0.15, 0.2) is 34.2 Å². The Morgan fingerprint density at radius 2 is 2.33 bits per heavy atom. The predicted octanol–water partition coefficient (Wildman–Crippen LogP) is 4.09. The van der Waals surface area contributed by atoms with E-state index in [0.29, 0.717) is 6.04 Å². The molecule has 0 amide bonds. The van der Waals surface area contributed by atoms with Crippen molar-refractivity contribution >= 4 is 34.4 Å². The molecule has 1 aliphatic heterocycles. The van der Waals surface area contributed by atoms with E-state index in [4.69, 9.17) is 4.99 Å². The minimum atomic E-state index is 0.581. The molecule has 0 saturated heterocycles. The molecule has 2 unspecified atom stereocenters. The largest absolute Gasteiger partial charge is 0.335 e. The highest BCUT2D eigenvalue weighted by Gasteiger charge is 2.30. The van der Waals surface area contributed by atoms with E-state index in [2.05, 4.69) is 35.8 Å². The third kappa shape index (κ3) is 2.69. The summed E-state index contributed by atoms with van der Waals surface area (Å²) < 4.78 is 0. The molecule has 0 bridgehead atoms. The first-order valence-corrected chi connectivity index (χ1v) is 8.68. The van der Waals surface area contributed by atoms with Crippen molar-refractivity contribution in [2.75, 3.05) is 17.3 Å². The fourth-order valence-electron chi connectivity index (χ4n) is 2.65. The summed E-state index contributed by atoms with van der Waals surface area (Å²) in [6.45, 7) is 0. The Labute approximate surface area is 117 Å². The second-order valence-electron chi connectivity index (χ2n) is 4.86. The first-order chi connectivity index (χ1) is 8.85. The van der Waals surface area contributed by atoms with Crippen LogP contribution in [0.4, 0.5) is 5.69 Å². The standard InChI is InChI=1S/C14H18N2S2/c1-17-12-6-3-5-11(8-12)15-14-16-13-7-2-4-10(13)9-18-14/h3,5-6,8,10,13H,2,4,7,9H2,1H3,(H,15,16). The normalized spacial score (nSPS) is 26.6. The number of nitrogens with zero attached hydrogens (tertiary/aromatic N) is 1. The lowest BCUT2D eigenvalue weighted by Crippen LogP contribution is -2.25. The molecule has 0 radical (unpaired) electrons. The van der Waals surface area contributed by atoms with E-state index in [1.165, 1.54) is 29.9 Å². The molecule has 1 N–H and O–H groups in total. The van der Waals surface area contributed by atoms with Gasteiger partial charge in [0.25, 0.3) is 0 Å². The zero-order valence-electron chi connectivity index (χ0n) is 10.6. The summed E-state index contributed by atoms with van der Waals surface area (Å²) in [4.78, 5) is 6.15. The van der Waals surface area contributed by atoms with Gasteiger partial charge in [0, 0.05) is 16.3 Å².